The first-order chi connectivity index (χ1) is 9.34. The molecule has 102 valence electrons. The van der Waals surface area contributed by atoms with Gasteiger partial charge in [-0.1, -0.05) is 12.1 Å². The Bertz CT molecular complexity index is 466. The number of fused-ring (bicyclic) bond motifs is 1. The van der Waals surface area contributed by atoms with Crippen LogP contribution in [-0.2, 0) is 17.6 Å². The minimum Gasteiger partial charge on any atom is -0.491 e. The molecule has 0 saturated heterocycles. The van der Waals surface area contributed by atoms with Crippen LogP contribution in [0.4, 0.5) is 0 Å². The van der Waals surface area contributed by atoms with Crippen molar-refractivity contribution in [3.05, 3.63) is 29.3 Å². The molecule has 0 radical (unpaired) electrons. The third-order valence-electron chi connectivity index (χ3n) is 3.96. The van der Waals surface area contributed by atoms with Crippen LogP contribution in [0.2, 0.25) is 0 Å². The Balaban J connectivity index is 1.50. The van der Waals surface area contributed by atoms with Gasteiger partial charge in [0.2, 0.25) is 5.91 Å². The Morgan fingerprint density at radius 2 is 2.11 bits per heavy atom. The second-order valence-corrected chi connectivity index (χ2v) is 5.51. The maximum atomic E-state index is 11.5. The highest BCUT2D eigenvalue weighted by Crippen LogP contribution is 2.30. The van der Waals surface area contributed by atoms with Crippen LogP contribution < -0.4 is 10.1 Å². The summed E-state index contributed by atoms with van der Waals surface area (Å²) in [6.45, 7) is 1.17. The van der Waals surface area contributed by atoms with E-state index in [9.17, 15) is 4.79 Å². The van der Waals surface area contributed by atoms with Crippen molar-refractivity contribution in [2.75, 3.05) is 13.2 Å². The van der Waals surface area contributed by atoms with Crippen LogP contribution in [0.1, 0.15) is 36.8 Å². The highest BCUT2D eigenvalue weighted by atomic mass is 16.5. The topological polar surface area (TPSA) is 38.3 Å². The number of amides is 1. The van der Waals surface area contributed by atoms with Crippen LogP contribution in [0, 0.1) is 5.92 Å². The standard InChI is InChI=1S/C16H21NO2/c18-16(13-8-9-13)17-10-11-19-15-7-3-5-12-4-1-2-6-14(12)15/h3,5,7,13H,1-2,4,6,8-11H2,(H,17,18). The molecule has 3 rings (SSSR count). The van der Waals surface area contributed by atoms with Crippen molar-refractivity contribution in [1.29, 1.82) is 0 Å². The minimum atomic E-state index is 0.193. The zero-order chi connectivity index (χ0) is 13.1. The lowest BCUT2D eigenvalue weighted by atomic mass is 9.91. The molecule has 3 heteroatoms. The number of hydrogen-bond donors (Lipinski definition) is 1. The van der Waals surface area contributed by atoms with E-state index < -0.39 is 0 Å². The van der Waals surface area contributed by atoms with Gasteiger partial charge in [-0.3, -0.25) is 4.79 Å². The van der Waals surface area contributed by atoms with Crippen LogP contribution in [-0.4, -0.2) is 19.1 Å². The van der Waals surface area contributed by atoms with Crippen LogP contribution in [0.25, 0.3) is 0 Å². The summed E-state index contributed by atoms with van der Waals surface area (Å²) in [7, 11) is 0. The normalized spacial score (nSPS) is 17.7. The van der Waals surface area contributed by atoms with Gasteiger partial charge in [-0.2, -0.15) is 0 Å². The Morgan fingerprint density at radius 3 is 2.95 bits per heavy atom. The van der Waals surface area contributed by atoms with Gasteiger partial charge in [0.1, 0.15) is 12.4 Å². The summed E-state index contributed by atoms with van der Waals surface area (Å²) in [5.74, 6) is 1.49. The third kappa shape index (κ3) is 3.09. The molecule has 2 aliphatic rings. The van der Waals surface area contributed by atoms with E-state index in [1.54, 1.807) is 0 Å². The molecule has 1 saturated carbocycles. The van der Waals surface area contributed by atoms with E-state index in [0.29, 0.717) is 13.2 Å². The molecule has 1 amide bonds. The van der Waals surface area contributed by atoms with Gasteiger partial charge in [0, 0.05) is 5.92 Å². The highest BCUT2D eigenvalue weighted by molar-refractivity contribution is 5.80. The molecule has 0 atom stereocenters. The number of carbonyl (C=O) groups excluding carboxylic acids is 1. The number of carbonyl (C=O) groups is 1. The highest BCUT2D eigenvalue weighted by Gasteiger charge is 2.29. The van der Waals surface area contributed by atoms with Crippen molar-refractivity contribution < 1.29 is 9.53 Å². The minimum absolute atomic E-state index is 0.193. The van der Waals surface area contributed by atoms with Crippen molar-refractivity contribution in [2.24, 2.45) is 5.92 Å². The number of benzene rings is 1. The summed E-state index contributed by atoms with van der Waals surface area (Å²) in [6, 6.07) is 6.32. The molecule has 0 spiro atoms. The second kappa shape index (κ2) is 5.64. The summed E-state index contributed by atoms with van der Waals surface area (Å²) in [6.07, 6.45) is 6.95. The monoisotopic (exact) mass is 259 g/mol. The van der Waals surface area contributed by atoms with Crippen LogP contribution >= 0.6 is 0 Å². The van der Waals surface area contributed by atoms with E-state index in [0.717, 1.165) is 25.0 Å². The number of hydrogen-bond acceptors (Lipinski definition) is 2. The van der Waals surface area contributed by atoms with Gasteiger partial charge in [0.25, 0.3) is 0 Å². The molecule has 0 heterocycles. The van der Waals surface area contributed by atoms with E-state index in [2.05, 4.69) is 17.4 Å². The van der Waals surface area contributed by atoms with Gasteiger partial charge in [-0.25, -0.2) is 0 Å². The predicted octanol–water partition coefficient (Wildman–Crippen LogP) is 2.47. The number of ether oxygens (including phenoxy) is 1. The lowest BCUT2D eigenvalue weighted by molar-refractivity contribution is -0.122. The smallest absolute Gasteiger partial charge is 0.223 e. The lowest BCUT2D eigenvalue weighted by Gasteiger charge is -2.19. The van der Waals surface area contributed by atoms with Crippen molar-refractivity contribution >= 4 is 5.91 Å². The third-order valence-corrected chi connectivity index (χ3v) is 3.96. The molecule has 0 unspecified atom stereocenters. The Hall–Kier alpha value is -1.51. The van der Waals surface area contributed by atoms with Gasteiger partial charge in [0.15, 0.2) is 0 Å². The van der Waals surface area contributed by atoms with Gasteiger partial charge >= 0.3 is 0 Å². The summed E-state index contributed by atoms with van der Waals surface area (Å²) >= 11 is 0. The fraction of sp³-hybridized carbons (Fsp3) is 0.562. The molecule has 3 nitrogen and oxygen atoms in total. The van der Waals surface area contributed by atoms with E-state index in [1.807, 2.05) is 6.07 Å². The van der Waals surface area contributed by atoms with Crippen molar-refractivity contribution in [3.63, 3.8) is 0 Å². The van der Waals surface area contributed by atoms with Gasteiger partial charge in [-0.15, -0.1) is 0 Å². The van der Waals surface area contributed by atoms with Gasteiger partial charge in [0.05, 0.1) is 6.54 Å². The molecule has 2 aliphatic carbocycles. The number of aryl methyl sites for hydroxylation is 1. The zero-order valence-corrected chi connectivity index (χ0v) is 11.3. The first-order valence-electron chi connectivity index (χ1n) is 7.36. The maximum Gasteiger partial charge on any atom is 0.223 e. The largest absolute Gasteiger partial charge is 0.491 e. The number of rotatable bonds is 5. The molecule has 1 aromatic carbocycles. The fourth-order valence-corrected chi connectivity index (χ4v) is 2.71. The van der Waals surface area contributed by atoms with Crippen LogP contribution in [0.3, 0.4) is 0 Å². The first kappa shape index (κ1) is 12.5. The fourth-order valence-electron chi connectivity index (χ4n) is 2.71. The molecule has 0 aromatic heterocycles. The van der Waals surface area contributed by atoms with E-state index >= 15 is 0 Å². The zero-order valence-electron chi connectivity index (χ0n) is 11.3. The Kier molecular flexibility index (Phi) is 3.72. The average molecular weight is 259 g/mol. The van der Waals surface area contributed by atoms with Crippen LogP contribution in [0.5, 0.6) is 5.75 Å². The average Bonchev–Trinajstić information content (AvgIpc) is 3.28. The quantitative estimate of drug-likeness (QED) is 0.825. The summed E-state index contributed by atoms with van der Waals surface area (Å²) < 4.78 is 5.84. The predicted molar refractivity (Wildman–Crippen MR) is 74.3 cm³/mol. The van der Waals surface area contributed by atoms with Crippen molar-refractivity contribution in [1.82, 2.24) is 5.32 Å². The Morgan fingerprint density at radius 1 is 1.26 bits per heavy atom. The first-order valence-corrected chi connectivity index (χ1v) is 7.36. The molecular formula is C16H21NO2. The maximum absolute atomic E-state index is 11.5. The summed E-state index contributed by atoms with van der Waals surface area (Å²) in [5.41, 5.74) is 2.81. The Labute approximate surface area is 114 Å². The number of nitrogens with one attached hydrogen (secondary N) is 1. The molecule has 0 bridgehead atoms. The van der Waals surface area contributed by atoms with Gasteiger partial charge < -0.3 is 10.1 Å². The molecule has 19 heavy (non-hydrogen) atoms. The van der Waals surface area contributed by atoms with Crippen LogP contribution in [0.15, 0.2) is 18.2 Å². The SMILES string of the molecule is O=C(NCCOc1cccc2c1CCCC2)C1CC1. The lowest BCUT2D eigenvalue weighted by Crippen LogP contribution is -2.29. The molecule has 0 aliphatic heterocycles. The van der Waals surface area contributed by atoms with E-state index in [4.69, 9.17) is 4.74 Å². The van der Waals surface area contributed by atoms with E-state index in [-0.39, 0.29) is 11.8 Å². The molecule has 1 aromatic rings. The molecule has 1 fully saturated rings. The van der Waals surface area contributed by atoms with Crippen molar-refractivity contribution in [2.45, 2.75) is 38.5 Å². The molecular weight excluding hydrogens is 238 g/mol. The summed E-state index contributed by atoms with van der Waals surface area (Å²) in [5, 5.41) is 2.93. The van der Waals surface area contributed by atoms with Gasteiger partial charge in [-0.05, 0) is 55.7 Å². The van der Waals surface area contributed by atoms with E-state index in [1.165, 1.54) is 30.4 Å². The molecule has 1 N–H and O–H groups in total. The second-order valence-electron chi connectivity index (χ2n) is 5.51. The summed E-state index contributed by atoms with van der Waals surface area (Å²) in [4.78, 5) is 11.5. The van der Waals surface area contributed by atoms with Crippen molar-refractivity contribution in [3.8, 4) is 5.75 Å².